The third-order valence-electron chi connectivity index (χ3n) is 4.21. The van der Waals surface area contributed by atoms with Crippen molar-refractivity contribution in [3.63, 3.8) is 0 Å². The Bertz CT molecular complexity index is 275. The molecule has 17 heavy (non-hydrogen) atoms. The molecule has 3 unspecified atom stereocenters. The first-order chi connectivity index (χ1) is 8.12. The van der Waals surface area contributed by atoms with Crippen LogP contribution in [-0.2, 0) is 4.79 Å². The fourth-order valence-corrected chi connectivity index (χ4v) is 2.81. The Hall–Kier alpha value is -0.610. The Morgan fingerprint density at radius 2 is 2.12 bits per heavy atom. The Labute approximate surface area is 103 Å². The maximum atomic E-state index is 12.2. The van der Waals surface area contributed by atoms with Crippen molar-refractivity contribution < 1.29 is 9.90 Å². The summed E-state index contributed by atoms with van der Waals surface area (Å²) in [5.41, 5.74) is -0.286. The predicted octanol–water partition coefficient (Wildman–Crippen LogP) is 0.796. The van der Waals surface area contributed by atoms with Gasteiger partial charge in [-0.25, -0.2) is 0 Å². The van der Waals surface area contributed by atoms with Gasteiger partial charge in [-0.2, -0.15) is 0 Å². The van der Waals surface area contributed by atoms with Gasteiger partial charge in [-0.1, -0.05) is 19.3 Å². The molecule has 1 saturated carbocycles. The van der Waals surface area contributed by atoms with E-state index in [1.165, 1.54) is 6.42 Å². The van der Waals surface area contributed by atoms with Crippen LogP contribution in [0.1, 0.15) is 45.4 Å². The van der Waals surface area contributed by atoms with Crippen LogP contribution in [0.15, 0.2) is 0 Å². The SMILES string of the molecule is CC1(C(=O)NC2CCCCCC2O)CCNC1. The fourth-order valence-electron chi connectivity index (χ4n) is 2.81. The summed E-state index contributed by atoms with van der Waals surface area (Å²) in [5.74, 6) is 0.105. The molecule has 1 aliphatic carbocycles. The lowest BCUT2D eigenvalue weighted by Crippen LogP contribution is -2.49. The van der Waals surface area contributed by atoms with Gasteiger partial charge in [0.2, 0.25) is 5.91 Å². The van der Waals surface area contributed by atoms with E-state index in [0.29, 0.717) is 0 Å². The van der Waals surface area contributed by atoms with Gasteiger partial charge in [-0.15, -0.1) is 0 Å². The lowest BCUT2D eigenvalue weighted by Gasteiger charge is -2.28. The molecule has 1 saturated heterocycles. The molecule has 3 N–H and O–H groups in total. The van der Waals surface area contributed by atoms with Crippen molar-refractivity contribution in [2.75, 3.05) is 13.1 Å². The van der Waals surface area contributed by atoms with E-state index in [1.54, 1.807) is 0 Å². The first-order valence-corrected chi connectivity index (χ1v) is 6.82. The van der Waals surface area contributed by atoms with E-state index in [-0.39, 0.29) is 23.5 Å². The molecule has 2 aliphatic rings. The molecule has 1 amide bonds. The van der Waals surface area contributed by atoms with Crippen LogP contribution in [0, 0.1) is 5.41 Å². The Morgan fingerprint density at radius 3 is 2.82 bits per heavy atom. The van der Waals surface area contributed by atoms with Crippen molar-refractivity contribution in [1.82, 2.24) is 10.6 Å². The zero-order chi connectivity index (χ0) is 12.3. The minimum Gasteiger partial charge on any atom is -0.391 e. The highest BCUT2D eigenvalue weighted by molar-refractivity contribution is 5.83. The second kappa shape index (κ2) is 5.36. The molecule has 0 radical (unpaired) electrons. The standard InChI is InChI=1S/C13H24N2O2/c1-13(7-8-14-9-13)12(17)15-10-5-3-2-4-6-11(10)16/h10-11,14,16H,2-9H2,1H3,(H,15,17). The van der Waals surface area contributed by atoms with Crippen LogP contribution in [0.4, 0.5) is 0 Å². The third kappa shape index (κ3) is 2.99. The fraction of sp³-hybridized carbons (Fsp3) is 0.923. The zero-order valence-electron chi connectivity index (χ0n) is 10.7. The molecule has 0 aromatic rings. The quantitative estimate of drug-likeness (QED) is 0.626. The van der Waals surface area contributed by atoms with Crippen LogP contribution in [0.5, 0.6) is 0 Å². The van der Waals surface area contributed by atoms with E-state index in [2.05, 4.69) is 10.6 Å². The lowest BCUT2D eigenvalue weighted by atomic mass is 9.88. The lowest BCUT2D eigenvalue weighted by molar-refractivity contribution is -0.130. The highest BCUT2D eigenvalue weighted by atomic mass is 16.3. The topological polar surface area (TPSA) is 61.4 Å². The number of nitrogens with one attached hydrogen (secondary N) is 2. The maximum Gasteiger partial charge on any atom is 0.227 e. The summed E-state index contributed by atoms with van der Waals surface area (Å²) in [4.78, 5) is 12.2. The summed E-state index contributed by atoms with van der Waals surface area (Å²) < 4.78 is 0. The normalized spacial score (nSPS) is 38.7. The van der Waals surface area contributed by atoms with Crippen LogP contribution >= 0.6 is 0 Å². The first kappa shape index (κ1) is 12.8. The largest absolute Gasteiger partial charge is 0.391 e. The van der Waals surface area contributed by atoms with Gasteiger partial charge in [0, 0.05) is 6.54 Å². The molecule has 0 aromatic carbocycles. The monoisotopic (exact) mass is 240 g/mol. The van der Waals surface area contributed by atoms with Gasteiger partial charge in [-0.3, -0.25) is 4.79 Å². The number of hydrogen-bond donors (Lipinski definition) is 3. The van der Waals surface area contributed by atoms with Crippen LogP contribution < -0.4 is 10.6 Å². The highest BCUT2D eigenvalue weighted by Gasteiger charge is 2.38. The van der Waals surface area contributed by atoms with Gasteiger partial charge >= 0.3 is 0 Å². The van der Waals surface area contributed by atoms with E-state index in [1.807, 2.05) is 6.92 Å². The van der Waals surface area contributed by atoms with Crippen LogP contribution in [0.25, 0.3) is 0 Å². The van der Waals surface area contributed by atoms with Crippen molar-refractivity contribution in [2.45, 2.75) is 57.6 Å². The summed E-state index contributed by atoms with van der Waals surface area (Å²) >= 11 is 0. The van der Waals surface area contributed by atoms with Crippen LogP contribution in [0.2, 0.25) is 0 Å². The molecule has 2 fully saturated rings. The highest BCUT2D eigenvalue weighted by Crippen LogP contribution is 2.26. The van der Waals surface area contributed by atoms with E-state index >= 15 is 0 Å². The van der Waals surface area contributed by atoms with Crippen molar-refractivity contribution in [1.29, 1.82) is 0 Å². The summed E-state index contributed by atoms with van der Waals surface area (Å²) in [6, 6.07) is -0.0394. The van der Waals surface area contributed by atoms with E-state index in [0.717, 1.165) is 45.2 Å². The Balaban J connectivity index is 1.92. The number of hydrogen-bond acceptors (Lipinski definition) is 3. The third-order valence-corrected chi connectivity index (χ3v) is 4.21. The van der Waals surface area contributed by atoms with E-state index in [4.69, 9.17) is 0 Å². The number of carbonyl (C=O) groups excluding carboxylic acids is 1. The number of aliphatic hydroxyl groups excluding tert-OH is 1. The second-order valence-corrected chi connectivity index (χ2v) is 5.77. The second-order valence-electron chi connectivity index (χ2n) is 5.77. The molecule has 1 heterocycles. The Morgan fingerprint density at radius 1 is 1.35 bits per heavy atom. The smallest absolute Gasteiger partial charge is 0.227 e. The van der Waals surface area contributed by atoms with Gasteiger partial charge in [0.1, 0.15) is 0 Å². The van der Waals surface area contributed by atoms with E-state index in [9.17, 15) is 9.90 Å². The minimum absolute atomic E-state index is 0.0394. The molecule has 1 aliphatic heterocycles. The summed E-state index contributed by atoms with van der Waals surface area (Å²) in [6.07, 6.45) is 5.61. The van der Waals surface area contributed by atoms with Gasteiger partial charge in [0.25, 0.3) is 0 Å². The molecule has 0 bridgehead atoms. The number of rotatable bonds is 2. The maximum absolute atomic E-state index is 12.2. The van der Waals surface area contributed by atoms with Gasteiger partial charge < -0.3 is 15.7 Å². The van der Waals surface area contributed by atoms with Crippen molar-refractivity contribution in [2.24, 2.45) is 5.41 Å². The average Bonchev–Trinajstić information content (AvgIpc) is 2.65. The summed E-state index contributed by atoms with van der Waals surface area (Å²) in [7, 11) is 0. The molecule has 2 rings (SSSR count). The minimum atomic E-state index is -0.362. The van der Waals surface area contributed by atoms with Gasteiger partial charge in [0.15, 0.2) is 0 Å². The molecule has 3 atom stereocenters. The van der Waals surface area contributed by atoms with E-state index < -0.39 is 0 Å². The number of aliphatic hydroxyl groups is 1. The summed E-state index contributed by atoms with van der Waals surface area (Å²) in [5, 5.41) is 16.3. The number of amides is 1. The number of carbonyl (C=O) groups is 1. The Kier molecular flexibility index (Phi) is 4.05. The van der Waals surface area contributed by atoms with Gasteiger partial charge in [0.05, 0.1) is 17.6 Å². The molecule has 98 valence electrons. The molecule has 0 aromatic heterocycles. The average molecular weight is 240 g/mol. The van der Waals surface area contributed by atoms with Crippen LogP contribution in [0.3, 0.4) is 0 Å². The van der Waals surface area contributed by atoms with Gasteiger partial charge in [-0.05, 0) is 32.7 Å². The predicted molar refractivity (Wildman–Crippen MR) is 66.6 cm³/mol. The first-order valence-electron chi connectivity index (χ1n) is 6.82. The van der Waals surface area contributed by atoms with Crippen LogP contribution in [-0.4, -0.2) is 36.2 Å². The zero-order valence-corrected chi connectivity index (χ0v) is 10.7. The molecule has 0 spiro atoms. The van der Waals surface area contributed by atoms with Crippen molar-refractivity contribution in [3.8, 4) is 0 Å². The van der Waals surface area contributed by atoms with Crippen molar-refractivity contribution >= 4 is 5.91 Å². The summed E-state index contributed by atoms with van der Waals surface area (Å²) in [6.45, 7) is 3.67. The molecule has 4 nitrogen and oxygen atoms in total. The van der Waals surface area contributed by atoms with Crippen molar-refractivity contribution in [3.05, 3.63) is 0 Å². The molecular formula is C13H24N2O2. The molecular weight excluding hydrogens is 216 g/mol. The molecule has 4 heteroatoms.